The molecule has 2 amide bonds. The molecular formula is C27H32N4O2S. The Bertz CT molecular complexity index is 1160. The molecule has 2 aliphatic rings. The van der Waals surface area contributed by atoms with Crippen LogP contribution in [0.15, 0.2) is 47.8 Å². The van der Waals surface area contributed by atoms with Gasteiger partial charge < -0.3 is 5.32 Å². The molecule has 1 N–H and O–H groups in total. The van der Waals surface area contributed by atoms with Gasteiger partial charge in [0.25, 0.3) is 5.91 Å². The normalized spacial score (nSPS) is 21.6. The zero-order chi connectivity index (χ0) is 23.7. The Morgan fingerprint density at radius 3 is 2.47 bits per heavy atom. The lowest BCUT2D eigenvalue weighted by Crippen LogP contribution is -2.65. The van der Waals surface area contributed by atoms with Gasteiger partial charge in [-0.05, 0) is 56.3 Å². The minimum atomic E-state index is -1.08. The highest BCUT2D eigenvalue weighted by atomic mass is 32.1. The Labute approximate surface area is 205 Å². The highest BCUT2D eigenvalue weighted by Crippen LogP contribution is 2.35. The highest BCUT2D eigenvalue weighted by molar-refractivity contribution is 7.13. The summed E-state index contributed by atoms with van der Waals surface area (Å²) >= 11 is 1.59. The van der Waals surface area contributed by atoms with Gasteiger partial charge in [0.05, 0.1) is 11.4 Å². The number of hydrogen-bond donors (Lipinski definition) is 1. The van der Waals surface area contributed by atoms with Gasteiger partial charge in [0.15, 0.2) is 0 Å². The van der Waals surface area contributed by atoms with Crippen LogP contribution in [0.4, 0.5) is 5.69 Å². The molecule has 6 nitrogen and oxygen atoms in total. The maximum absolute atomic E-state index is 13.9. The number of aromatic nitrogens is 2. The smallest absolute Gasteiger partial charge is 0.277 e. The van der Waals surface area contributed by atoms with Crippen LogP contribution in [0.2, 0.25) is 0 Å². The van der Waals surface area contributed by atoms with Gasteiger partial charge in [0.1, 0.15) is 16.9 Å². The fourth-order valence-corrected chi connectivity index (χ4v) is 5.85. The molecule has 1 unspecified atom stereocenters. The number of anilines is 1. The van der Waals surface area contributed by atoms with Gasteiger partial charge in [-0.2, -0.15) is 5.10 Å². The summed E-state index contributed by atoms with van der Waals surface area (Å²) in [5, 5.41) is 10.1. The molecule has 1 saturated carbocycles. The van der Waals surface area contributed by atoms with Gasteiger partial charge in [-0.25, -0.2) is 0 Å². The molecule has 0 bridgehead atoms. The van der Waals surface area contributed by atoms with Crippen LogP contribution in [-0.4, -0.2) is 33.2 Å². The molecule has 178 valence electrons. The fourth-order valence-electron chi connectivity index (χ4n) is 5.17. The van der Waals surface area contributed by atoms with Crippen molar-refractivity contribution >= 4 is 28.8 Å². The molecule has 3 heterocycles. The van der Waals surface area contributed by atoms with Crippen LogP contribution in [0.25, 0.3) is 10.6 Å². The van der Waals surface area contributed by atoms with Gasteiger partial charge in [-0.3, -0.25) is 19.2 Å². The molecule has 2 aromatic heterocycles. The quantitative estimate of drug-likeness (QED) is 0.535. The zero-order valence-corrected chi connectivity index (χ0v) is 20.7. The average Bonchev–Trinajstić information content (AvgIpc) is 3.47. The molecular weight excluding hydrogens is 444 g/mol. The number of aryl methyl sites for hydroxylation is 1. The van der Waals surface area contributed by atoms with Crippen LogP contribution in [0.3, 0.4) is 0 Å². The number of benzene rings is 1. The number of carbonyl (C=O) groups is 2. The molecule has 7 heteroatoms. The number of nitrogens with zero attached hydrogens (tertiary/aromatic N) is 3. The van der Waals surface area contributed by atoms with E-state index < -0.39 is 5.54 Å². The number of hydrogen-bond acceptors (Lipinski definition) is 4. The van der Waals surface area contributed by atoms with Crippen LogP contribution in [0, 0.1) is 6.92 Å². The Balaban J connectivity index is 1.52. The lowest BCUT2D eigenvalue weighted by atomic mass is 9.91. The molecule has 0 spiro atoms. The molecule has 1 aromatic carbocycles. The summed E-state index contributed by atoms with van der Waals surface area (Å²) in [6.45, 7) is 4.20. The molecule has 1 aliphatic heterocycles. The first-order valence-electron chi connectivity index (χ1n) is 12.3. The van der Waals surface area contributed by atoms with Crippen molar-refractivity contribution in [2.75, 3.05) is 4.90 Å². The van der Waals surface area contributed by atoms with Crippen molar-refractivity contribution in [2.45, 2.75) is 76.9 Å². The largest absolute Gasteiger partial charge is 0.351 e. The maximum atomic E-state index is 13.9. The predicted molar refractivity (Wildman–Crippen MR) is 136 cm³/mol. The highest BCUT2D eigenvalue weighted by Gasteiger charge is 2.49. The molecule has 1 aliphatic carbocycles. The number of carbonyl (C=O) groups excluding carboxylic acids is 2. The third-order valence-electron chi connectivity index (χ3n) is 7.15. The van der Waals surface area contributed by atoms with Crippen molar-refractivity contribution in [1.29, 1.82) is 0 Å². The van der Waals surface area contributed by atoms with Crippen molar-refractivity contribution in [3.05, 3.63) is 59.1 Å². The molecule has 5 rings (SSSR count). The summed E-state index contributed by atoms with van der Waals surface area (Å²) in [5.41, 5.74) is 2.04. The molecule has 3 aromatic rings. The maximum Gasteiger partial charge on any atom is 0.277 e. The van der Waals surface area contributed by atoms with E-state index >= 15 is 0 Å². The van der Waals surface area contributed by atoms with E-state index in [0.29, 0.717) is 12.2 Å². The lowest BCUT2D eigenvalue weighted by molar-refractivity contribution is -0.127. The van der Waals surface area contributed by atoms with E-state index in [1.807, 2.05) is 61.7 Å². The zero-order valence-electron chi connectivity index (χ0n) is 19.9. The van der Waals surface area contributed by atoms with Crippen molar-refractivity contribution < 1.29 is 9.59 Å². The van der Waals surface area contributed by atoms with E-state index in [1.165, 1.54) is 19.3 Å². The number of thiophene rings is 1. The van der Waals surface area contributed by atoms with Gasteiger partial charge in [0.2, 0.25) is 5.91 Å². The van der Waals surface area contributed by atoms with Crippen LogP contribution >= 0.6 is 11.3 Å². The van der Waals surface area contributed by atoms with E-state index in [0.717, 1.165) is 47.5 Å². The molecule has 0 radical (unpaired) electrons. The Hall–Kier alpha value is -2.93. The minimum absolute atomic E-state index is 0.106. The second kappa shape index (κ2) is 9.37. The summed E-state index contributed by atoms with van der Waals surface area (Å²) in [6, 6.07) is 13.8. The van der Waals surface area contributed by atoms with Crippen LogP contribution in [-0.2, 0) is 11.3 Å². The lowest BCUT2D eigenvalue weighted by Gasteiger charge is -2.43. The summed E-state index contributed by atoms with van der Waals surface area (Å²) < 4.78 is 1.72. The van der Waals surface area contributed by atoms with Gasteiger partial charge in [-0.15, -0.1) is 11.3 Å². The van der Waals surface area contributed by atoms with Gasteiger partial charge in [-0.1, -0.05) is 55.9 Å². The van der Waals surface area contributed by atoms with E-state index in [-0.39, 0.29) is 17.9 Å². The molecule has 1 atom stereocenters. The summed E-state index contributed by atoms with van der Waals surface area (Å²) in [5.74, 6) is -0.299. The first-order chi connectivity index (χ1) is 16.5. The van der Waals surface area contributed by atoms with Crippen molar-refractivity contribution in [2.24, 2.45) is 0 Å². The van der Waals surface area contributed by atoms with E-state index in [9.17, 15) is 9.59 Å². The second-order valence-electron chi connectivity index (χ2n) is 9.82. The third kappa shape index (κ3) is 4.29. The molecule has 1 fully saturated rings. The summed E-state index contributed by atoms with van der Waals surface area (Å²) in [6.07, 6.45) is 7.99. The SMILES string of the molecule is Cc1ccc(N2C(=O)c3cc(-c4cccs4)nn3CC2(C)C(=O)NC2CCCCCCC2)cc1. The van der Waals surface area contributed by atoms with E-state index in [4.69, 9.17) is 5.10 Å². The summed E-state index contributed by atoms with van der Waals surface area (Å²) in [7, 11) is 0. The second-order valence-corrected chi connectivity index (χ2v) is 10.8. The van der Waals surface area contributed by atoms with Crippen LogP contribution in [0.5, 0.6) is 0 Å². The van der Waals surface area contributed by atoms with Crippen LogP contribution < -0.4 is 10.2 Å². The van der Waals surface area contributed by atoms with Crippen LogP contribution in [0.1, 0.15) is 67.9 Å². The first-order valence-corrected chi connectivity index (χ1v) is 13.2. The number of amides is 2. The average molecular weight is 477 g/mol. The number of rotatable bonds is 4. The Kier molecular flexibility index (Phi) is 6.30. The molecule has 34 heavy (non-hydrogen) atoms. The van der Waals surface area contributed by atoms with Gasteiger partial charge in [0, 0.05) is 11.7 Å². The monoisotopic (exact) mass is 476 g/mol. The van der Waals surface area contributed by atoms with E-state index in [2.05, 4.69) is 5.32 Å². The topological polar surface area (TPSA) is 67.2 Å². The minimum Gasteiger partial charge on any atom is -0.351 e. The van der Waals surface area contributed by atoms with Crippen molar-refractivity contribution in [1.82, 2.24) is 15.1 Å². The number of nitrogens with one attached hydrogen (secondary N) is 1. The predicted octanol–water partition coefficient (Wildman–Crippen LogP) is 5.57. The standard InChI is InChI=1S/C27H32N4O2S/c1-19-12-14-21(15-13-19)31-25(32)23-17-22(24-11-8-16-34-24)29-30(23)18-27(31,2)26(33)28-20-9-6-4-3-5-7-10-20/h8,11-17,20H,3-7,9-10,18H2,1-2H3,(H,28,33). The van der Waals surface area contributed by atoms with E-state index in [1.54, 1.807) is 20.9 Å². The molecule has 0 saturated heterocycles. The Morgan fingerprint density at radius 1 is 1.09 bits per heavy atom. The third-order valence-corrected chi connectivity index (χ3v) is 8.04. The number of fused-ring (bicyclic) bond motifs is 1. The van der Waals surface area contributed by atoms with Crippen molar-refractivity contribution in [3.8, 4) is 10.6 Å². The first kappa shape index (κ1) is 22.8. The van der Waals surface area contributed by atoms with Gasteiger partial charge >= 0.3 is 0 Å². The summed E-state index contributed by atoms with van der Waals surface area (Å²) in [4.78, 5) is 30.5. The fraction of sp³-hybridized carbons (Fsp3) is 0.444. The Morgan fingerprint density at radius 2 is 1.79 bits per heavy atom. The van der Waals surface area contributed by atoms with Crippen molar-refractivity contribution in [3.63, 3.8) is 0 Å².